The van der Waals surface area contributed by atoms with Gasteiger partial charge in [-0.15, -0.1) is 0 Å². The van der Waals surface area contributed by atoms with Gasteiger partial charge in [-0.05, 0) is 18.6 Å². The van der Waals surface area contributed by atoms with Crippen LogP contribution >= 0.6 is 12.2 Å². The third-order valence-corrected chi connectivity index (χ3v) is 3.40. The van der Waals surface area contributed by atoms with Gasteiger partial charge in [0.25, 0.3) is 5.91 Å². The average Bonchev–Trinajstić information content (AvgIpc) is 2.90. The second kappa shape index (κ2) is 5.64. The zero-order valence-corrected chi connectivity index (χ0v) is 12.2. The summed E-state index contributed by atoms with van der Waals surface area (Å²) in [7, 11) is 0. The van der Waals surface area contributed by atoms with Crippen molar-refractivity contribution in [3.63, 3.8) is 0 Å². The number of carbonyl (C=O) groups is 1. The van der Waals surface area contributed by atoms with Crippen molar-refractivity contribution in [2.45, 2.75) is 12.8 Å². The standard InChI is InChI=1S/C14H12FN5OS/c15-9-4-2-1-3-8(9)10-5-6-11-17-7-12(20(11)19-10)18-14(21)13(16)22/h1,3,5-7H,2,4H2,(H2,16,22)(H,18,21). The maximum atomic E-state index is 13.9. The van der Waals surface area contributed by atoms with Crippen LogP contribution in [0.3, 0.4) is 0 Å². The van der Waals surface area contributed by atoms with Crippen LogP contribution in [0, 0.1) is 0 Å². The largest absolute Gasteiger partial charge is 0.385 e. The maximum absolute atomic E-state index is 13.9. The highest BCUT2D eigenvalue weighted by atomic mass is 32.1. The highest BCUT2D eigenvalue weighted by Gasteiger charge is 2.15. The van der Waals surface area contributed by atoms with Crippen LogP contribution in [0.4, 0.5) is 10.2 Å². The van der Waals surface area contributed by atoms with E-state index in [0.717, 1.165) is 0 Å². The lowest BCUT2D eigenvalue weighted by molar-refractivity contribution is -0.110. The predicted molar refractivity (Wildman–Crippen MR) is 84.8 cm³/mol. The summed E-state index contributed by atoms with van der Waals surface area (Å²) in [6.45, 7) is 0. The number of hydrogen-bond acceptors (Lipinski definition) is 4. The number of rotatable bonds is 2. The number of nitrogens with two attached hydrogens (primary N) is 1. The number of allylic oxidation sites excluding steroid dienone is 4. The van der Waals surface area contributed by atoms with Crippen LogP contribution in [0.1, 0.15) is 18.5 Å². The fourth-order valence-electron chi connectivity index (χ4n) is 2.14. The highest BCUT2D eigenvalue weighted by molar-refractivity contribution is 7.82. The molecule has 0 atom stereocenters. The van der Waals surface area contributed by atoms with Gasteiger partial charge in [0.05, 0.1) is 11.9 Å². The molecule has 8 heteroatoms. The van der Waals surface area contributed by atoms with Gasteiger partial charge in [-0.25, -0.2) is 9.37 Å². The summed E-state index contributed by atoms with van der Waals surface area (Å²) in [6, 6.07) is 3.38. The van der Waals surface area contributed by atoms with E-state index in [-0.39, 0.29) is 10.8 Å². The number of nitrogens with one attached hydrogen (secondary N) is 1. The second-order valence-electron chi connectivity index (χ2n) is 4.71. The number of carbonyl (C=O) groups excluding carboxylic acids is 1. The SMILES string of the molecule is NC(=S)C(=O)Nc1cnc2ccc(C3=C(F)CCC=C3)nn12. The summed E-state index contributed by atoms with van der Waals surface area (Å²) in [5, 5.41) is 6.84. The molecule has 0 aliphatic heterocycles. The predicted octanol–water partition coefficient (Wildman–Crippen LogP) is 1.98. The summed E-state index contributed by atoms with van der Waals surface area (Å²) < 4.78 is 15.3. The smallest absolute Gasteiger partial charge is 0.284 e. The van der Waals surface area contributed by atoms with Gasteiger partial charge in [-0.3, -0.25) is 4.79 Å². The number of thiocarbonyl (C=S) groups is 1. The van der Waals surface area contributed by atoms with Crippen LogP contribution in [0.5, 0.6) is 0 Å². The first-order chi connectivity index (χ1) is 10.6. The second-order valence-corrected chi connectivity index (χ2v) is 5.15. The van der Waals surface area contributed by atoms with Crippen LogP contribution in [0.25, 0.3) is 11.2 Å². The van der Waals surface area contributed by atoms with Crippen LogP contribution in [0.2, 0.25) is 0 Å². The Kier molecular flexibility index (Phi) is 3.68. The summed E-state index contributed by atoms with van der Waals surface area (Å²) in [5.74, 6) is -0.495. The van der Waals surface area contributed by atoms with Gasteiger partial charge >= 0.3 is 0 Å². The van der Waals surface area contributed by atoms with Crippen molar-refractivity contribution >= 4 is 40.2 Å². The van der Waals surface area contributed by atoms with Crippen LogP contribution in [-0.4, -0.2) is 25.5 Å². The molecule has 0 bridgehead atoms. The van der Waals surface area contributed by atoms with Gasteiger partial charge in [0.2, 0.25) is 0 Å². The molecule has 3 N–H and O–H groups in total. The highest BCUT2D eigenvalue weighted by Crippen LogP contribution is 2.27. The molecule has 3 rings (SSSR count). The molecule has 0 saturated heterocycles. The molecular weight excluding hydrogens is 305 g/mol. The lowest BCUT2D eigenvalue weighted by Crippen LogP contribution is -2.28. The van der Waals surface area contributed by atoms with E-state index in [2.05, 4.69) is 27.6 Å². The molecular formula is C14H12FN5OS. The summed E-state index contributed by atoms with van der Waals surface area (Å²) >= 11 is 4.61. The number of fused-ring (bicyclic) bond motifs is 1. The zero-order valence-electron chi connectivity index (χ0n) is 11.4. The zero-order chi connectivity index (χ0) is 15.7. The summed E-state index contributed by atoms with van der Waals surface area (Å²) in [5.41, 5.74) is 6.68. The molecule has 112 valence electrons. The first-order valence-corrected chi connectivity index (χ1v) is 6.98. The molecule has 0 saturated carbocycles. The number of nitrogens with zero attached hydrogens (tertiary/aromatic N) is 3. The minimum Gasteiger partial charge on any atom is -0.385 e. The molecule has 1 aliphatic carbocycles. The van der Waals surface area contributed by atoms with E-state index < -0.39 is 5.91 Å². The Balaban J connectivity index is 2.03. The van der Waals surface area contributed by atoms with Crippen molar-refractivity contribution in [1.82, 2.24) is 14.6 Å². The minimum atomic E-state index is -0.605. The number of halogens is 1. The first kappa shape index (κ1) is 14.3. The average molecular weight is 317 g/mol. The Hall–Kier alpha value is -2.61. The lowest BCUT2D eigenvalue weighted by atomic mass is 10.0. The Labute approximate surface area is 130 Å². The van der Waals surface area contributed by atoms with Crippen LogP contribution in [0.15, 0.2) is 36.3 Å². The van der Waals surface area contributed by atoms with Crippen molar-refractivity contribution in [1.29, 1.82) is 0 Å². The van der Waals surface area contributed by atoms with Gasteiger partial charge in [-0.2, -0.15) is 9.61 Å². The summed E-state index contributed by atoms with van der Waals surface area (Å²) in [4.78, 5) is 15.4. The quantitative estimate of drug-likeness (QED) is 0.827. The van der Waals surface area contributed by atoms with Crippen molar-refractivity contribution in [2.75, 3.05) is 5.32 Å². The summed E-state index contributed by atoms with van der Waals surface area (Å²) in [6.07, 6.45) is 6.08. The Morgan fingerprint density at radius 1 is 1.45 bits per heavy atom. The van der Waals surface area contributed by atoms with Gasteiger partial charge in [0.1, 0.15) is 5.83 Å². The van der Waals surface area contributed by atoms with Gasteiger partial charge in [0.15, 0.2) is 16.5 Å². The molecule has 2 aromatic rings. The molecule has 1 amide bonds. The molecule has 2 aromatic heterocycles. The number of anilines is 1. The number of amides is 1. The molecule has 1 aliphatic rings. The van der Waals surface area contributed by atoms with E-state index in [1.165, 1.54) is 10.7 Å². The van der Waals surface area contributed by atoms with Gasteiger partial charge < -0.3 is 11.1 Å². The normalized spacial score (nSPS) is 14.4. The third kappa shape index (κ3) is 2.60. The van der Waals surface area contributed by atoms with Crippen LogP contribution in [-0.2, 0) is 4.79 Å². The Morgan fingerprint density at radius 3 is 3.00 bits per heavy atom. The van der Waals surface area contributed by atoms with E-state index in [9.17, 15) is 9.18 Å². The molecule has 22 heavy (non-hydrogen) atoms. The number of aromatic nitrogens is 3. The van der Waals surface area contributed by atoms with Crippen molar-refractivity contribution in [3.05, 3.63) is 42.0 Å². The van der Waals surface area contributed by atoms with E-state index in [4.69, 9.17) is 5.73 Å². The molecule has 2 heterocycles. The molecule has 0 radical (unpaired) electrons. The fourth-order valence-corrected chi connectivity index (χ4v) is 2.19. The number of hydrogen-bond donors (Lipinski definition) is 2. The van der Waals surface area contributed by atoms with E-state index in [0.29, 0.717) is 35.6 Å². The third-order valence-electron chi connectivity index (χ3n) is 3.21. The monoisotopic (exact) mass is 317 g/mol. The molecule has 0 fully saturated rings. The van der Waals surface area contributed by atoms with Crippen molar-refractivity contribution in [3.8, 4) is 0 Å². The molecule has 0 unspecified atom stereocenters. The van der Waals surface area contributed by atoms with Crippen molar-refractivity contribution < 1.29 is 9.18 Å². The Morgan fingerprint density at radius 2 is 2.27 bits per heavy atom. The van der Waals surface area contributed by atoms with Crippen molar-refractivity contribution in [2.24, 2.45) is 5.73 Å². The Bertz CT molecular complexity index is 839. The van der Waals surface area contributed by atoms with Crippen LogP contribution < -0.4 is 11.1 Å². The van der Waals surface area contributed by atoms with E-state index >= 15 is 0 Å². The molecule has 0 aromatic carbocycles. The molecule has 6 nitrogen and oxygen atoms in total. The number of imidazole rings is 1. The first-order valence-electron chi connectivity index (χ1n) is 6.57. The lowest BCUT2D eigenvalue weighted by Gasteiger charge is -2.10. The topological polar surface area (TPSA) is 85.3 Å². The minimum absolute atomic E-state index is 0.205. The van der Waals surface area contributed by atoms with Gasteiger partial charge in [-0.1, -0.05) is 24.4 Å². The van der Waals surface area contributed by atoms with Gasteiger partial charge in [0, 0.05) is 12.0 Å². The fraction of sp³-hybridized carbons (Fsp3) is 0.143. The van der Waals surface area contributed by atoms with E-state index in [1.807, 2.05) is 6.08 Å². The molecule has 0 spiro atoms. The maximum Gasteiger partial charge on any atom is 0.284 e. The van der Waals surface area contributed by atoms with E-state index in [1.54, 1.807) is 18.2 Å².